The molecule has 1 amide bonds. The van der Waals surface area contributed by atoms with Gasteiger partial charge in [-0.3, -0.25) is 19.3 Å². The van der Waals surface area contributed by atoms with E-state index >= 15 is 0 Å². The molecule has 0 N–H and O–H groups in total. The third kappa shape index (κ3) is 6.73. The van der Waals surface area contributed by atoms with Gasteiger partial charge in [-0.05, 0) is 65.9 Å². The van der Waals surface area contributed by atoms with E-state index in [0.717, 1.165) is 42.4 Å². The van der Waals surface area contributed by atoms with Gasteiger partial charge in [0, 0.05) is 62.8 Å². The highest BCUT2D eigenvalue weighted by molar-refractivity contribution is 5.98. The van der Waals surface area contributed by atoms with Crippen LogP contribution < -0.4 is 4.74 Å². The van der Waals surface area contributed by atoms with Gasteiger partial charge >= 0.3 is 11.9 Å². The molecule has 7 nitrogen and oxygen atoms in total. The van der Waals surface area contributed by atoms with E-state index in [2.05, 4.69) is 31.4 Å². The maximum Gasteiger partial charge on any atom is 0.308 e. The maximum absolute atomic E-state index is 14.4. The predicted octanol–water partition coefficient (Wildman–Crippen LogP) is 6.40. The highest BCUT2D eigenvalue weighted by atomic mass is 16.5. The first kappa shape index (κ1) is 31.5. The first-order chi connectivity index (χ1) is 21.1. The van der Waals surface area contributed by atoms with Crippen molar-refractivity contribution in [2.45, 2.75) is 64.5 Å². The zero-order valence-electron chi connectivity index (χ0n) is 26.3. The number of piperidine rings is 1. The van der Waals surface area contributed by atoms with Gasteiger partial charge in [-0.1, -0.05) is 62.4 Å². The minimum absolute atomic E-state index is 0.0117. The van der Waals surface area contributed by atoms with Crippen LogP contribution >= 0.6 is 0 Å². The summed E-state index contributed by atoms with van der Waals surface area (Å²) in [7, 11) is 0. The van der Waals surface area contributed by atoms with Crippen LogP contribution in [0.2, 0.25) is 0 Å². The maximum atomic E-state index is 14.4. The zero-order valence-corrected chi connectivity index (χ0v) is 26.3. The van der Waals surface area contributed by atoms with E-state index in [-0.39, 0.29) is 35.7 Å². The van der Waals surface area contributed by atoms with Crippen LogP contribution in [-0.2, 0) is 19.7 Å². The Hall–Kier alpha value is -3.97. The molecule has 4 atom stereocenters. The van der Waals surface area contributed by atoms with E-state index < -0.39 is 11.5 Å². The molecule has 1 heterocycles. The largest absolute Gasteiger partial charge is 0.462 e. The molecule has 1 aliphatic heterocycles. The molecule has 0 aromatic heterocycles. The van der Waals surface area contributed by atoms with Crippen molar-refractivity contribution in [3.05, 3.63) is 90.5 Å². The van der Waals surface area contributed by atoms with Crippen molar-refractivity contribution in [1.29, 1.82) is 0 Å². The molecule has 1 saturated carbocycles. The Balaban J connectivity index is 1.60. The number of rotatable bonds is 9. The second-order valence-electron chi connectivity index (χ2n) is 12.8. The van der Waals surface area contributed by atoms with E-state index in [9.17, 15) is 14.4 Å². The van der Waals surface area contributed by atoms with Crippen molar-refractivity contribution in [3.63, 3.8) is 0 Å². The van der Waals surface area contributed by atoms with Crippen molar-refractivity contribution in [3.8, 4) is 5.75 Å². The SMILES string of the molecule is C=CCN1CC[C@@]2(c3cccc(OC(C)=O)c3)C[C@H](N(CC(C)C)C(=O)c3ccc4ccccc4c3)CC(OC(C)=O)[C@@H]2C1. The summed E-state index contributed by atoms with van der Waals surface area (Å²) in [5.74, 6) is 0.00906. The summed E-state index contributed by atoms with van der Waals surface area (Å²) < 4.78 is 11.7. The number of ether oxygens (including phenoxy) is 2. The molecular formula is C37H44N2O5. The van der Waals surface area contributed by atoms with Crippen LogP contribution in [0.5, 0.6) is 5.75 Å². The van der Waals surface area contributed by atoms with Crippen molar-refractivity contribution in [2.75, 3.05) is 26.2 Å². The Kier molecular flexibility index (Phi) is 9.54. The molecule has 1 unspecified atom stereocenters. The summed E-state index contributed by atoms with van der Waals surface area (Å²) in [5, 5.41) is 2.12. The van der Waals surface area contributed by atoms with Crippen LogP contribution in [0.4, 0.5) is 0 Å². The van der Waals surface area contributed by atoms with Crippen LogP contribution in [-0.4, -0.2) is 66.0 Å². The van der Waals surface area contributed by atoms with Gasteiger partial charge in [0.1, 0.15) is 11.9 Å². The number of carbonyl (C=O) groups is 3. The van der Waals surface area contributed by atoms with Gasteiger partial charge in [0.05, 0.1) is 0 Å². The van der Waals surface area contributed by atoms with Crippen molar-refractivity contribution in [1.82, 2.24) is 9.80 Å². The molecule has 1 saturated heterocycles. The topological polar surface area (TPSA) is 76.2 Å². The fourth-order valence-electron chi connectivity index (χ4n) is 7.47. The number of carbonyl (C=O) groups excluding carboxylic acids is 3. The molecule has 232 valence electrons. The minimum Gasteiger partial charge on any atom is -0.462 e. The smallest absolute Gasteiger partial charge is 0.308 e. The number of fused-ring (bicyclic) bond motifs is 2. The Morgan fingerprint density at radius 3 is 2.50 bits per heavy atom. The number of hydrogen-bond donors (Lipinski definition) is 0. The second kappa shape index (κ2) is 13.3. The highest BCUT2D eigenvalue weighted by Gasteiger charge is 2.54. The van der Waals surface area contributed by atoms with Crippen molar-refractivity contribution >= 4 is 28.6 Å². The van der Waals surface area contributed by atoms with Crippen LogP contribution in [0.3, 0.4) is 0 Å². The fourth-order valence-corrected chi connectivity index (χ4v) is 7.47. The van der Waals surface area contributed by atoms with Gasteiger partial charge in [-0.15, -0.1) is 6.58 Å². The predicted molar refractivity (Wildman–Crippen MR) is 173 cm³/mol. The Labute approximate surface area is 260 Å². The Morgan fingerprint density at radius 1 is 1.02 bits per heavy atom. The van der Waals surface area contributed by atoms with Gasteiger partial charge in [0.25, 0.3) is 5.91 Å². The summed E-state index contributed by atoms with van der Waals surface area (Å²) in [6.45, 7) is 14.0. The standard InChI is InChI=1S/C37H44N2O5/c1-6-17-38-18-16-37(31-12-9-13-33(20-31)43-26(4)40)22-32(21-35(34(37)24-38)44-27(5)41)39(23-25(2)3)36(42)30-15-14-28-10-7-8-11-29(28)19-30/h6-15,19-20,25,32,34-35H,1,16-18,21-24H2,2-5H3/t32-,34+,35?,37+/m1/s1. The van der Waals surface area contributed by atoms with Crippen LogP contribution in [0.1, 0.15) is 62.9 Å². The zero-order chi connectivity index (χ0) is 31.4. The Morgan fingerprint density at radius 2 is 1.80 bits per heavy atom. The van der Waals surface area contributed by atoms with Crippen LogP contribution in [0, 0.1) is 11.8 Å². The molecule has 1 aliphatic carbocycles. The average Bonchev–Trinajstić information content (AvgIpc) is 2.99. The van der Waals surface area contributed by atoms with E-state index in [4.69, 9.17) is 9.47 Å². The third-order valence-electron chi connectivity index (χ3n) is 9.23. The van der Waals surface area contributed by atoms with Crippen molar-refractivity contribution < 1.29 is 23.9 Å². The number of amides is 1. The molecule has 2 fully saturated rings. The van der Waals surface area contributed by atoms with Crippen molar-refractivity contribution in [2.24, 2.45) is 11.8 Å². The molecule has 0 bridgehead atoms. The summed E-state index contributed by atoms with van der Waals surface area (Å²) in [6.07, 6.45) is 3.60. The first-order valence-corrected chi connectivity index (χ1v) is 15.7. The monoisotopic (exact) mass is 596 g/mol. The van der Waals surface area contributed by atoms with Gasteiger partial charge in [-0.2, -0.15) is 0 Å². The van der Waals surface area contributed by atoms with Gasteiger partial charge < -0.3 is 14.4 Å². The lowest BCUT2D eigenvalue weighted by molar-refractivity contribution is -0.159. The van der Waals surface area contributed by atoms with Gasteiger partial charge in [-0.25, -0.2) is 0 Å². The molecule has 0 radical (unpaired) electrons. The van der Waals surface area contributed by atoms with E-state index in [1.165, 1.54) is 13.8 Å². The number of likely N-dealkylation sites (tertiary alicyclic amines) is 1. The molecule has 3 aromatic rings. The molecule has 0 spiro atoms. The highest BCUT2D eigenvalue weighted by Crippen LogP contribution is 2.51. The van der Waals surface area contributed by atoms with Crippen LogP contribution in [0.25, 0.3) is 10.8 Å². The number of esters is 2. The molecule has 3 aromatic carbocycles. The molecule has 7 heteroatoms. The van der Waals surface area contributed by atoms with Gasteiger partial charge in [0.15, 0.2) is 0 Å². The lowest BCUT2D eigenvalue weighted by Gasteiger charge is -2.56. The molecule has 2 aliphatic rings. The molecular weight excluding hydrogens is 552 g/mol. The molecule has 5 rings (SSSR count). The normalized spacial score (nSPS) is 23.5. The lowest BCUT2D eigenvalue weighted by atomic mass is 9.56. The van der Waals surface area contributed by atoms with E-state index in [1.54, 1.807) is 6.07 Å². The van der Waals surface area contributed by atoms with Gasteiger partial charge in [0.2, 0.25) is 0 Å². The summed E-state index contributed by atoms with van der Waals surface area (Å²) in [5.41, 5.74) is 1.29. The third-order valence-corrected chi connectivity index (χ3v) is 9.23. The number of hydrogen-bond acceptors (Lipinski definition) is 6. The fraction of sp³-hybridized carbons (Fsp3) is 0.432. The minimum atomic E-state index is -0.407. The van der Waals surface area contributed by atoms with E-state index in [0.29, 0.717) is 30.7 Å². The quantitative estimate of drug-likeness (QED) is 0.162. The number of nitrogens with zero attached hydrogens (tertiary/aromatic N) is 2. The first-order valence-electron chi connectivity index (χ1n) is 15.7. The summed E-state index contributed by atoms with van der Waals surface area (Å²) >= 11 is 0. The average molecular weight is 597 g/mol. The summed E-state index contributed by atoms with van der Waals surface area (Å²) in [4.78, 5) is 43.2. The Bertz CT molecular complexity index is 1530. The second-order valence-corrected chi connectivity index (χ2v) is 12.8. The van der Waals surface area contributed by atoms with Crippen LogP contribution in [0.15, 0.2) is 79.4 Å². The number of benzene rings is 3. The summed E-state index contributed by atoms with van der Waals surface area (Å²) in [6, 6.07) is 21.6. The van der Waals surface area contributed by atoms with E-state index in [1.807, 2.05) is 65.6 Å². The lowest BCUT2D eigenvalue weighted by Crippen LogP contribution is -2.62. The molecule has 44 heavy (non-hydrogen) atoms.